The van der Waals surface area contributed by atoms with Gasteiger partial charge in [0.25, 0.3) is 0 Å². The molecule has 5 heteroatoms. The number of hydrazone groups is 1. The minimum Gasteiger partial charge on any atom is -0.354 e. The summed E-state index contributed by atoms with van der Waals surface area (Å²) in [6.45, 7) is 6.26. The van der Waals surface area contributed by atoms with Crippen LogP contribution >= 0.6 is 11.8 Å². The zero-order valence-electron chi connectivity index (χ0n) is 14.1. The first-order chi connectivity index (χ1) is 11.7. The minimum atomic E-state index is 1.00. The van der Waals surface area contributed by atoms with Crippen molar-refractivity contribution < 1.29 is 0 Å². The number of nitrogens with zero attached hydrogens (tertiary/aromatic N) is 3. The van der Waals surface area contributed by atoms with Crippen LogP contribution in [0.15, 0.2) is 57.4 Å². The molecule has 4 nitrogen and oxygen atoms in total. The highest BCUT2D eigenvalue weighted by atomic mass is 32.2. The summed E-state index contributed by atoms with van der Waals surface area (Å²) in [5.74, 6) is 0. The van der Waals surface area contributed by atoms with Gasteiger partial charge in [-0.3, -0.25) is 5.01 Å². The van der Waals surface area contributed by atoms with E-state index in [2.05, 4.69) is 71.7 Å². The van der Waals surface area contributed by atoms with Crippen LogP contribution in [0, 0.1) is 0 Å². The molecule has 2 aliphatic rings. The summed E-state index contributed by atoms with van der Waals surface area (Å²) < 4.78 is 0. The van der Waals surface area contributed by atoms with E-state index >= 15 is 0 Å². The summed E-state index contributed by atoms with van der Waals surface area (Å²) in [6.07, 6.45) is 0. The molecule has 0 aromatic heterocycles. The van der Waals surface area contributed by atoms with Gasteiger partial charge < -0.3 is 10.2 Å². The van der Waals surface area contributed by atoms with Crippen LogP contribution in [-0.4, -0.2) is 48.8 Å². The fourth-order valence-electron chi connectivity index (χ4n) is 3.03. The van der Waals surface area contributed by atoms with Crippen LogP contribution in [0.5, 0.6) is 0 Å². The highest BCUT2D eigenvalue weighted by Crippen LogP contribution is 2.44. The summed E-state index contributed by atoms with van der Waals surface area (Å²) in [6, 6.07) is 15.0. The third-order valence-electron chi connectivity index (χ3n) is 4.54. The van der Waals surface area contributed by atoms with Crippen molar-refractivity contribution in [3.05, 3.63) is 48.0 Å². The monoisotopic (exact) mass is 338 g/mol. The van der Waals surface area contributed by atoms with Gasteiger partial charge in [-0.2, -0.15) is 5.10 Å². The normalized spacial score (nSPS) is 17.9. The van der Waals surface area contributed by atoms with Gasteiger partial charge in [0.1, 0.15) is 0 Å². The van der Waals surface area contributed by atoms with E-state index in [4.69, 9.17) is 5.10 Å². The predicted octanol–water partition coefficient (Wildman–Crippen LogP) is 3.87. The van der Waals surface area contributed by atoms with Gasteiger partial charge >= 0.3 is 0 Å². The van der Waals surface area contributed by atoms with Gasteiger partial charge in [0, 0.05) is 36.0 Å². The largest absolute Gasteiger partial charge is 0.354 e. The molecule has 0 aliphatic carbocycles. The Balaban J connectivity index is 1.56. The number of benzene rings is 2. The van der Waals surface area contributed by atoms with E-state index in [0.29, 0.717) is 0 Å². The summed E-state index contributed by atoms with van der Waals surface area (Å²) in [4.78, 5) is 4.89. The maximum absolute atomic E-state index is 4.82. The first-order valence-corrected chi connectivity index (χ1v) is 9.18. The van der Waals surface area contributed by atoms with E-state index in [1.54, 1.807) is 0 Å². The Hall–Kier alpha value is -1.98. The third kappa shape index (κ3) is 3.14. The molecular formula is C19H22N4S. The maximum atomic E-state index is 4.82. The van der Waals surface area contributed by atoms with Crippen LogP contribution in [0.2, 0.25) is 0 Å². The maximum Gasteiger partial charge on any atom is 0.0647 e. The average molecular weight is 338 g/mol. The summed E-state index contributed by atoms with van der Waals surface area (Å²) in [5, 5.41) is 10.6. The molecule has 2 heterocycles. The number of likely N-dealkylation sites (N-methyl/N-ethyl adjacent to an activating group) is 1. The summed E-state index contributed by atoms with van der Waals surface area (Å²) in [5.41, 5.74) is 4.61. The first-order valence-electron chi connectivity index (χ1n) is 8.36. The molecule has 2 aromatic rings. The Morgan fingerprint density at radius 3 is 2.58 bits per heavy atom. The van der Waals surface area contributed by atoms with Gasteiger partial charge in [0.15, 0.2) is 0 Å². The lowest BCUT2D eigenvalue weighted by Crippen LogP contribution is -2.42. The predicted molar refractivity (Wildman–Crippen MR) is 102 cm³/mol. The molecule has 1 saturated heterocycles. The number of piperazine rings is 1. The van der Waals surface area contributed by atoms with Gasteiger partial charge in [-0.15, -0.1) is 0 Å². The molecule has 1 fully saturated rings. The topological polar surface area (TPSA) is 30.9 Å². The molecule has 0 amide bonds. The fourth-order valence-corrected chi connectivity index (χ4v) is 4.00. The standard InChI is InChI=1S/C19H22N4S/c1-14(21-23-11-9-22(2)10-12-23)15-7-8-19-17(13-15)20-16-5-3-4-6-18(16)24-19/h3-8,13,20H,9-12H2,1-2H3. The smallest absolute Gasteiger partial charge is 0.0647 e. The second kappa shape index (κ2) is 6.49. The molecule has 1 N–H and O–H groups in total. The molecule has 0 unspecified atom stereocenters. The van der Waals surface area contributed by atoms with E-state index in [1.807, 2.05) is 11.8 Å². The van der Waals surface area contributed by atoms with Gasteiger partial charge in [0.05, 0.1) is 17.1 Å². The summed E-state index contributed by atoms with van der Waals surface area (Å²) >= 11 is 1.82. The highest BCUT2D eigenvalue weighted by Gasteiger charge is 2.16. The quantitative estimate of drug-likeness (QED) is 0.719. The number of hydrogen-bond acceptors (Lipinski definition) is 5. The molecule has 2 aliphatic heterocycles. The number of anilines is 2. The Morgan fingerprint density at radius 2 is 1.75 bits per heavy atom. The van der Waals surface area contributed by atoms with Crippen molar-refractivity contribution in [3.63, 3.8) is 0 Å². The number of hydrogen-bond donors (Lipinski definition) is 1. The zero-order chi connectivity index (χ0) is 16.5. The van der Waals surface area contributed by atoms with Gasteiger partial charge in [-0.1, -0.05) is 30.0 Å². The number of nitrogens with one attached hydrogen (secondary N) is 1. The van der Waals surface area contributed by atoms with E-state index in [9.17, 15) is 0 Å². The van der Waals surface area contributed by atoms with Crippen LogP contribution in [0.25, 0.3) is 0 Å². The van der Waals surface area contributed by atoms with Crippen molar-refractivity contribution in [2.24, 2.45) is 5.10 Å². The van der Waals surface area contributed by atoms with Crippen molar-refractivity contribution in [2.45, 2.75) is 16.7 Å². The van der Waals surface area contributed by atoms with Gasteiger partial charge in [0.2, 0.25) is 0 Å². The number of rotatable bonds is 2. The van der Waals surface area contributed by atoms with Crippen molar-refractivity contribution in [2.75, 3.05) is 38.5 Å². The minimum absolute atomic E-state index is 1.00. The average Bonchev–Trinajstić information content (AvgIpc) is 2.61. The Kier molecular flexibility index (Phi) is 4.21. The van der Waals surface area contributed by atoms with Crippen LogP contribution in [0.1, 0.15) is 12.5 Å². The molecule has 0 radical (unpaired) electrons. The van der Waals surface area contributed by atoms with E-state index in [-0.39, 0.29) is 0 Å². The Labute approximate surface area is 147 Å². The fraction of sp³-hybridized carbons (Fsp3) is 0.316. The number of fused-ring (bicyclic) bond motifs is 2. The van der Waals surface area contributed by atoms with Crippen molar-refractivity contribution >= 4 is 28.8 Å². The molecule has 124 valence electrons. The molecule has 0 bridgehead atoms. The Bertz CT molecular complexity index is 779. The zero-order valence-corrected chi connectivity index (χ0v) is 14.9. The molecule has 2 aromatic carbocycles. The van der Waals surface area contributed by atoms with Crippen LogP contribution in [-0.2, 0) is 0 Å². The van der Waals surface area contributed by atoms with Gasteiger partial charge in [-0.25, -0.2) is 0 Å². The molecule has 0 saturated carbocycles. The lowest BCUT2D eigenvalue weighted by molar-refractivity contribution is 0.159. The van der Waals surface area contributed by atoms with Crippen molar-refractivity contribution in [1.82, 2.24) is 9.91 Å². The third-order valence-corrected chi connectivity index (χ3v) is 5.70. The van der Waals surface area contributed by atoms with Crippen molar-refractivity contribution in [3.8, 4) is 0 Å². The SMILES string of the molecule is CC(=NN1CCN(C)CC1)c1ccc2c(c1)Nc1ccccc1S2. The molecule has 4 rings (SSSR count). The number of para-hydroxylation sites is 1. The second-order valence-corrected chi connectivity index (χ2v) is 7.46. The van der Waals surface area contributed by atoms with Gasteiger partial charge in [-0.05, 0) is 43.8 Å². The van der Waals surface area contributed by atoms with Crippen molar-refractivity contribution in [1.29, 1.82) is 0 Å². The van der Waals surface area contributed by atoms with Crippen LogP contribution in [0.3, 0.4) is 0 Å². The van der Waals surface area contributed by atoms with Crippen LogP contribution in [0.4, 0.5) is 11.4 Å². The second-order valence-electron chi connectivity index (χ2n) is 6.38. The van der Waals surface area contributed by atoms with E-state index in [0.717, 1.165) is 31.9 Å². The van der Waals surface area contributed by atoms with E-state index < -0.39 is 0 Å². The molecule has 0 atom stereocenters. The Morgan fingerprint density at radius 1 is 1.00 bits per heavy atom. The highest BCUT2D eigenvalue weighted by molar-refractivity contribution is 7.99. The van der Waals surface area contributed by atoms with E-state index in [1.165, 1.54) is 26.7 Å². The molecular weight excluding hydrogens is 316 g/mol. The lowest BCUT2D eigenvalue weighted by atomic mass is 10.1. The molecule has 0 spiro atoms. The van der Waals surface area contributed by atoms with Crippen LogP contribution < -0.4 is 5.32 Å². The summed E-state index contributed by atoms with van der Waals surface area (Å²) in [7, 11) is 2.17. The lowest BCUT2D eigenvalue weighted by Gasteiger charge is -2.30. The first kappa shape index (κ1) is 15.5. The molecule has 24 heavy (non-hydrogen) atoms.